The number of carboxylic acids is 1. The average molecular weight is 268 g/mol. The monoisotopic (exact) mass is 268 g/mol. The molecule has 0 bridgehead atoms. The molecule has 0 aromatic carbocycles. The van der Waals surface area contributed by atoms with Gasteiger partial charge in [-0.1, -0.05) is 12.1 Å². The van der Waals surface area contributed by atoms with Crippen molar-refractivity contribution in [3.63, 3.8) is 0 Å². The predicted molar refractivity (Wildman–Crippen MR) is 68.8 cm³/mol. The molecule has 1 aromatic rings. The summed E-state index contributed by atoms with van der Waals surface area (Å²) in [5, 5.41) is 12.8. The van der Waals surface area contributed by atoms with Gasteiger partial charge in [-0.05, 0) is 26.7 Å². The van der Waals surface area contributed by atoms with Crippen LogP contribution in [0.3, 0.4) is 0 Å². The molecule has 0 aliphatic rings. The molecule has 1 N–H and O–H groups in total. The highest BCUT2D eigenvalue weighted by molar-refractivity contribution is 5.83. The van der Waals surface area contributed by atoms with Crippen LogP contribution >= 0.6 is 0 Å². The third kappa shape index (κ3) is 3.56. The molecule has 1 heterocycles. The maximum absolute atomic E-state index is 12.0. The van der Waals surface area contributed by atoms with Crippen LogP contribution in [0, 0.1) is 13.8 Å². The predicted octanol–water partition coefficient (Wildman–Crippen LogP) is 1.55. The number of carbonyl (C=O) groups is 2. The largest absolute Gasteiger partial charge is 0.480 e. The second-order valence-electron chi connectivity index (χ2n) is 4.57. The molecule has 0 saturated carbocycles. The summed E-state index contributed by atoms with van der Waals surface area (Å²) in [4.78, 5) is 24.3. The molecule has 6 heteroatoms. The van der Waals surface area contributed by atoms with E-state index in [-0.39, 0.29) is 12.3 Å². The lowest BCUT2D eigenvalue weighted by Crippen LogP contribution is -2.42. The van der Waals surface area contributed by atoms with Crippen LogP contribution in [0.5, 0.6) is 0 Å². The summed E-state index contributed by atoms with van der Waals surface area (Å²) in [6.07, 6.45) is 1.16. The zero-order chi connectivity index (χ0) is 14.6. The van der Waals surface area contributed by atoms with E-state index in [1.165, 1.54) is 11.9 Å². The van der Waals surface area contributed by atoms with Gasteiger partial charge in [0.25, 0.3) is 0 Å². The number of hydrogen-bond acceptors (Lipinski definition) is 4. The fourth-order valence-electron chi connectivity index (χ4n) is 2.06. The van der Waals surface area contributed by atoms with Gasteiger partial charge < -0.3 is 14.5 Å². The van der Waals surface area contributed by atoms with E-state index >= 15 is 0 Å². The Morgan fingerprint density at radius 3 is 2.47 bits per heavy atom. The molecule has 1 rings (SSSR count). The van der Waals surface area contributed by atoms with Crippen molar-refractivity contribution < 1.29 is 19.2 Å². The zero-order valence-electron chi connectivity index (χ0n) is 11.8. The van der Waals surface area contributed by atoms with Crippen molar-refractivity contribution in [2.75, 3.05) is 7.05 Å². The van der Waals surface area contributed by atoms with Gasteiger partial charge in [-0.25, -0.2) is 4.79 Å². The van der Waals surface area contributed by atoms with E-state index in [2.05, 4.69) is 5.16 Å². The summed E-state index contributed by atoms with van der Waals surface area (Å²) >= 11 is 0. The summed E-state index contributed by atoms with van der Waals surface area (Å²) in [5.41, 5.74) is 1.70. The summed E-state index contributed by atoms with van der Waals surface area (Å²) in [6.45, 7) is 5.37. The lowest BCUT2D eigenvalue weighted by atomic mass is 10.1. The Bertz CT molecular complexity index is 448. The zero-order valence-corrected chi connectivity index (χ0v) is 11.8. The van der Waals surface area contributed by atoms with Crippen LogP contribution in [0.1, 0.15) is 36.8 Å². The Balaban J connectivity index is 2.63. The van der Waals surface area contributed by atoms with Gasteiger partial charge in [0, 0.05) is 19.0 Å². The second-order valence-corrected chi connectivity index (χ2v) is 4.57. The number of carboxylic acid groups (broad SMARTS) is 1. The molecular formula is C13H20N2O4. The number of carbonyl (C=O) groups excluding carboxylic acids is 1. The molecule has 0 aliphatic carbocycles. The topological polar surface area (TPSA) is 83.6 Å². The van der Waals surface area contributed by atoms with E-state index in [1.807, 2.05) is 6.92 Å². The summed E-state index contributed by atoms with van der Waals surface area (Å²) in [7, 11) is 1.53. The van der Waals surface area contributed by atoms with Gasteiger partial charge in [0.15, 0.2) is 0 Å². The first-order valence-electron chi connectivity index (χ1n) is 6.28. The molecule has 6 nitrogen and oxygen atoms in total. The summed E-state index contributed by atoms with van der Waals surface area (Å²) < 4.78 is 5.03. The lowest BCUT2D eigenvalue weighted by Gasteiger charge is -2.23. The molecular weight excluding hydrogens is 248 g/mol. The second kappa shape index (κ2) is 6.36. The summed E-state index contributed by atoms with van der Waals surface area (Å²) in [5.74, 6) is -0.455. The first-order valence-corrected chi connectivity index (χ1v) is 6.28. The smallest absolute Gasteiger partial charge is 0.326 e. The highest BCUT2D eigenvalue weighted by Crippen LogP contribution is 2.15. The summed E-state index contributed by atoms with van der Waals surface area (Å²) in [6, 6.07) is -0.767. The highest BCUT2D eigenvalue weighted by Gasteiger charge is 2.24. The van der Waals surface area contributed by atoms with E-state index < -0.39 is 12.0 Å². The molecule has 1 aromatic heterocycles. The van der Waals surface area contributed by atoms with Crippen LogP contribution in [0.15, 0.2) is 4.52 Å². The van der Waals surface area contributed by atoms with Crippen molar-refractivity contribution in [1.29, 1.82) is 0 Å². The Hall–Kier alpha value is -1.85. The fraction of sp³-hybridized carbons (Fsp3) is 0.615. The van der Waals surface area contributed by atoms with Crippen LogP contribution in [-0.4, -0.2) is 40.1 Å². The van der Waals surface area contributed by atoms with Crippen molar-refractivity contribution in [2.24, 2.45) is 0 Å². The van der Waals surface area contributed by atoms with Crippen LogP contribution < -0.4 is 0 Å². The normalized spacial score (nSPS) is 12.2. The van der Waals surface area contributed by atoms with Crippen LogP contribution in [-0.2, 0) is 16.0 Å². The van der Waals surface area contributed by atoms with Gasteiger partial charge in [0.2, 0.25) is 5.91 Å². The Labute approximate surface area is 112 Å². The molecule has 0 fully saturated rings. The maximum atomic E-state index is 12.0. The Morgan fingerprint density at radius 1 is 1.42 bits per heavy atom. The Kier molecular flexibility index (Phi) is 5.09. The number of amides is 1. The standard InChI is InChI=1S/C13H20N2O4/c1-5-11(13(17)18)15(4)12(16)7-6-10-8(2)14-19-9(10)3/h11H,5-7H2,1-4H3,(H,17,18). The molecule has 19 heavy (non-hydrogen) atoms. The average Bonchev–Trinajstić information content (AvgIpc) is 2.66. The van der Waals surface area contributed by atoms with Gasteiger partial charge in [-0.15, -0.1) is 0 Å². The SMILES string of the molecule is CCC(C(=O)O)N(C)C(=O)CCc1c(C)noc1C. The van der Waals surface area contributed by atoms with Crippen molar-refractivity contribution in [2.45, 2.75) is 46.1 Å². The maximum Gasteiger partial charge on any atom is 0.326 e. The number of aromatic nitrogens is 1. The van der Waals surface area contributed by atoms with E-state index in [9.17, 15) is 9.59 Å². The van der Waals surface area contributed by atoms with Gasteiger partial charge in [-0.2, -0.15) is 0 Å². The number of rotatable bonds is 6. The van der Waals surface area contributed by atoms with Crippen LogP contribution in [0.25, 0.3) is 0 Å². The Morgan fingerprint density at radius 2 is 2.05 bits per heavy atom. The molecule has 106 valence electrons. The number of hydrogen-bond donors (Lipinski definition) is 1. The first kappa shape index (κ1) is 15.2. The molecule has 0 aliphatic heterocycles. The van der Waals surface area contributed by atoms with Crippen LogP contribution in [0.4, 0.5) is 0 Å². The third-order valence-corrected chi connectivity index (χ3v) is 3.30. The molecule has 0 saturated heterocycles. The van der Waals surface area contributed by atoms with Crippen LogP contribution in [0.2, 0.25) is 0 Å². The molecule has 1 amide bonds. The molecule has 0 radical (unpaired) electrons. The number of aliphatic carboxylic acids is 1. The van der Waals surface area contributed by atoms with Crippen molar-refractivity contribution in [3.05, 3.63) is 17.0 Å². The van der Waals surface area contributed by atoms with Gasteiger partial charge in [0.05, 0.1) is 5.69 Å². The number of likely N-dealkylation sites (N-methyl/N-ethyl adjacent to an activating group) is 1. The molecule has 1 unspecified atom stereocenters. The minimum atomic E-state index is -0.976. The molecule has 0 spiro atoms. The van der Waals surface area contributed by atoms with E-state index in [4.69, 9.17) is 9.63 Å². The van der Waals surface area contributed by atoms with E-state index in [1.54, 1.807) is 13.8 Å². The van der Waals surface area contributed by atoms with E-state index in [0.717, 1.165) is 11.3 Å². The van der Waals surface area contributed by atoms with E-state index in [0.29, 0.717) is 18.6 Å². The first-order chi connectivity index (χ1) is 8.88. The lowest BCUT2D eigenvalue weighted by molar-refractivity contribution is -0.149. The fourth-order valence-corrected chi connectivity index (χ4v) is 2.06. The highest BCUT2D eigenvalue weighted by atomic mass is 16.5. The third-order valence-electron chi connectivity index (χ3n) is 3.30. The van der Waals surface area contributed by atoms with Gasteiger partial charge in [-0.3, -0.25) is 4.79 Å². The minimum Gasteiger partial charge on any atom is -0.480 e. The molecule has 1 atom stereocenters. The minimum absolute atomic E-state index is 0.186. The number of aryl methyl sites for hydroxylation is 2. The number of nitrogens with zero attached hydrogens (tertiary/aromatic N) is 2. The van der Waals surface area contributed by atoms with Crippen molar-refractivity contribution in [1.82, 2.24) is 10.1 Å². The van der Waals surface area contributed by atoms with Crippen molar-refractivity contribution >= 4 is 11.9 Å². The van der Waals surface area contributed by atoms with Crippen molar-refractivity contribution in [3.8, 4) is 0 Å². The van der Waals surface area contributed by atoms with Gasteiger partial charge >= 0.3 is 5.97 Å². The quantitative estimate of drug-likeness (QED) is 0.846. The van der Waals surface area contributed by atoms with Gasteiger partial charge in [0.1, 0.15) is 11.8 Å².